The van der Waals surface area contributed by atoms with Gasteiger partial charge in [0, 0.05) is 6.54 Å². The minimum atomic E-state index is -1.71. The first-order valence-electron chi connectivity index (χ1n) is 5.47. The largest absolute Gasteiger partial charge is 0.497 e. The lowest BCUT2D eigenvalue weighted by Gasteiger charge is -2.18. The van der Waals surface area contributed by atoms with Crippen LogP contribution in [0.15, 0.2) is 24.3 Å². The van der Waals surface area contributed by atoms with E-state index in [0.717, 1.165) is 11.3 Å². The first-order chi connectivity index (χ1) is 8.52. The lowest BCUT2D eigenvalue weighted by atomic mass is 10.1. The molecule has 1 atom stereocenters. The molecule has 1 rings (SSSR count). The average molecular weight is 255 g/mol. The van der Waals surface area contributed by atoms with Gasteiger partial charge in [-0.3, -0.25) is 4.79 Å². The van der Waals surface area contributed by atoms with Crippen molar-refractivity contribution in [2.45, 2.75) is 25.3 Å². The van der Waals surface area contributed by atoms with Crippen molar-refractivity contribution < 1.29 is 24.9 Å². The molecule has 1 aromatic rings. The third kappa shape index (κ3) is 4.70. The van der Waals surface area contributed by atoms with Crippen LogP contribution in [0.4, 0.5) is 0 Å². The zero-order valence-electron chi connectivity index (χ0n) is 10.0. The molecule has 0 saturated heterocycles. The highest BCUT2D eigenvalue weighted by atomic mass is 16.5. The lowest BCUT2D eigenvalue weighted by molar-refractivity contribution is -0.141. The van der Waals surface area contributed by atoms with Crippen molar-refractivity contribution in [3.05, 3.63) is 29.8 Å². The summed E-state index contributed by atoms with van der Waals surface area (Å²) >= 11 is 0. The second kappa shape index (κ2) is 6.95. The molecule has 0 bridgehead atoms. The first kappa shape index (κ1) is 14.4. The van der Waals surface area contributed by atoms with Gasteiger partial charge in [-0.1, -0.05) is 12.1 Å². The minimum Gasteiger partial charge on any atom is -0.497 e. The van der Waals surface area contributed by atoms with E-state index in [-0.39, 0.29) is 6.42 Å². The topological polar surface area (TPSA) is 99.0 Å². The Morgan fingerprint density at radius 2 is 1.94 bits per heavy atom. The monoisotopic (exact) mass is 255 g/mol. The third-order valence-electron chi connectivity index (χ3n) is 2.48. The summed E-state index contributed by atoms with van der Waals surface area (Å²) < 4.78 is 5.01. The maximum absolute atomic E-state index is 10.5. The van der Waals surface area contributed by atoms with Crippen LogP contribution in [-0.2, 0) is 11.3 Å². The molecule has 0 heterocycles. The molecule has 1 aromatic carbocycles. The molecular weight excluding hydrogens is 238 g/mol. The zero-order valence-corrected chi connectivity index (χ0v) is 10.0. The summed E-state index contributed by atoms with van der Waals surface area (Å²) in [5.74, 6) is -0.363. The molecular formula is C12H17NO5. The number of carboxylic acids is 1. The van der Waals surface area contributed by atoms with Gasteiger partial charge < -0.3 is 25.4 Å². The molecule has 100 valence electrons. The number of aliphatic carboxylic acids is 1. The lowest BCUT2D eigenvalue weighted by Crippen LogP contribution is -2.41. The number of aliphatic hydroxyl groups excluding tert-OH is 1. The zero-order chi connectivity index (χ0) is 13.5. The van der Waals surface area contributed by atoms with E-state index >= 15 is 0 Å². The summed E-state index contributed by atoms with van der Waals surface area (Å²) in [7, 11) is 1.57. The van der Waals surface area contributed by atoms with E-state index in [4.69, 9.17) is 20.1 Å². The molecule has 1 unspecified atom stereocenters. The van der Waals surface area contributed by atoms with Crippen molar-refractivity contribution in [1.82, 2.24) is 5.32 Å². The van der Waals surface area contributed by atoms with E-state index in [0.29, 0.717) is 6.54 Å². The van der Waals surface area contributed by atoms with E-state index in [1.54, 1.807) is 19.2 Å². The summed E-state index contributed by atoms with van der Waals surface area (Å²) in [6, 6.07) is 6.28. The van der Waals surface area contributed by atoms with Gasteiger partial charge in [-0.2, -0.15) is 0 Å². The van der Waals surface area contributed by atoms with E-state index in [2.05, 4.69) is 5.32 Å². The highest BCUT2D eigenvalue weighted by molar-refractivity contribution is 5.67. The van der Waals surface area contributed by atoms with Crippen LogP contribution in [0.25, 0.3) is 0 Å². The van der Waals surface area contributed by atoms with Crippen molar-refractivity contribution in [2.75, 3.05) is 7.11 Å². The number of ether oxygens (including phenoxy) is 1. The molecule has 0 aliphatic carbocycles. The summed E-state index contributed by atoms with van der Waals surface area (Å²) in [6.07, 6.45) is -2.06. The maximum atomic E-state index is 10.5. The fraction of sp³-hybridized carbons (Fsp3) is 0.417. The number of nitrogens with one attached hydrogen (secondary N) is 1. The number of benzene rings is 1. The Kier molecular flexibility index (Phi) is 5.57. The van der Waals surface area contributed by atoms with E-state index in [1.165, 1.54) is 0 Å². The number of carboxylic acid groups (broad SMARTS) is 1. The van der Waals surface area contributed by atoms with Gasteiger partial charge in [-0.05, 0) is 17.7 Å². The second-order valence-corrected chi connectivity index (χ2v) is 3.85. The van der Waals surface area contributed by atoms with Crippen LogP contribution >= 0.6 is 0 Å². The Morgan fingerprint density at radius 3 is 2.39 bits per heavy atom. The Morgan fingerprint density at radius 1 is 1.33 bits per heavy atom. The van der Waals surface area contributed by atoms with Gasteiger partial charge >= 0.3 is 5.97 Å². The van der Waals surface area contributed by atoms with Crippen molar-refractivity contribution in [2.24, 2.45) is 0 Å². The molecule has 0 fully saturated rings. The third-order valence-corrected chi connectivity index (χ3v) is 2.48. The minimum absolute atomic E-state index is 0.347. The summed E-state index contributed by atoms with van der Waals surface area (Å²) in [5.41, 5.74) is 0.895. The summed E-state index contributed by atoms with van der Waals surface area (Å²) in [6.45, 7) is 0.347. The summed E-state index contributed by atoms with van der Waals surface area (Å²) in [4.78, 5) is 10.5. The first-order valence-corrected chi connectivity index (χ1v) is 5.47. The quantitative estimate of drug-likeness (QED) is 0.509. The Balaban J connectivity index is 2.52. The van der Waals surface area contributed by atoms with Crippen LogP contribution in [0.1, 0.15) is 12.0 Å². The number of rotatable bonds is 7. The number of aliphatic hydroxyl groups is 2. The Bertz CT molecular complexity index is 377. The highest BCUT2D eigenvalue weighted by Gasteiger charge is 2.19. The molecule has 6 nitrogen and oxygen atoms in total. The van der Waals surface area contributed by atoms with Gasteiger partial charge in [0.05, 0.1) is 19.6 Å². The molecule has 4 N–H and O–H groups in total. The Labute approximate surface area is 105 Å². The number of hydrogen-bond acceptors (Lipinski definition) is 5. The van der Waals surface area contributed by atoms with Gasteiger partial charge in [-0.15, -0.1) is 0 Å². The van der Waals surface area contributed by atoms with Gasteiger partial charge in [0.1, 0.15) is 5.75 Å². The van der Waals surface area contributed by atoms with Gasteiger partial charge in [0.15, 0.2) is 6.29 Å². The van der Waals surface area contributed by atoms with E-state index < -0.39 is 18.3 Å². The Hall–Kier alpha value is -1.63. The predicted octanol–water partition coefficient (Wildman–Crippen LogP) is -0.0612. The van der Waals surface area contributed by atoms with Gasteiger partial charge in [0.2, 0.25) is 0 Å². The van der Waals surface area contributed by atoms with Crippen molar-refractivity contribution in [3.8, 4) is 5.75 Å². The second-order valence-electron chi connectivity index (χ2n) is 3.85. The van der Waals surface area contributed by atoms with Crippen LogP contribution in [-0.4, -0.2) is 40.7 Å². The molecule has 0 aliphatic heterocycles. The van der Waals surface area contributed by atoms with Crippen LogP contribution < -0.4 is 10.1 Å². The van der Waals surface area contributed by atoms with Crippen LogP contribution in [0.3, 0.4) is 0 Å². The van der Waals surface area contributed by atoms with Crippen LogP contribution in [0, 0.1) is 0 Å². The maximum Gasteiger partial charge on any atom is 0.305 e. The standard InChI is InChI=1S/C12H17NO5/c1-18-9-4-2-8(3-5-9)7-13-10(12(16)17)6-11(14)15/h2-5,10,12-13,16-17H,6-7H2,1H3,(H,14,15). The fourth-order valence-corrected chi connectivity index (χ4v) is 1.46. The normalized spacial score (nSPS) is 12.4. The smallest absolute Gasteiger partial charge is 0.305 e. The van der Waals surface area contributed by atoms with E-state index in [9.17, 15) is 4.79 Å². The molecule has 0 aromatic heterocycles. The predicted molar refractivity (Wildman–Crippen MR) is 64.1 cm³/mol. The van der Waals surface area contributed by atoms with Gasteiger partial charge in [0.25, 0.3) is 0 Å². The molecule has 18 heavy (non-hydrogen) atoms. The molecule has 0 saturated carbocycles. The molecule has 0 amide bonds. The van der Waals surface area contributed by atoms with Gasteiger partial charge in [-0.25, -0.2) is 0 Å². The fourth-order valence-electron chi connectivity index (χ4n) is 1.46. The van der Waals surface area contributed by atoms with Crippen LogP contribution in [0.2, 0.25) is 0 Å². The SMILES string of the molecule is COc1ccc(CNC(CC(=O)O)C(O)O)cc1. The highest BCUT2D eigenvalue weighted by Crippen LogP contribution is 2.11. The van der Waals surface area contributed by atoms with Crippen molar-refractivity contribution in [1.29, 1.82) is 0 Å². The molecule has 6 heteroatoms. The van der Waals surface area contributed by atoms with Crippen molar-refractivity contribution in [3.63, 3.8) is 0 Å². The van der Waals surface area contributed by atoms with Crippen LogP contribution in [0.5, 0.6) is 5.75 Å². The summed E-state index contributed by atoms with van der Waals surface area (Å²) in [5, 5.41) is 29.5. The van der Waals surface area contributed by atoms with E-state index in [1.807, 2.05) is 12.1 Å². The number of carbonyl (C=O) groups is 1. The van der Waals surface area contributed by atoms with Crippen molar-refractivity contribution >= 4 is 5.97 Å². The number of methoxy groups -OCH3 is 1. The number of hydrogen-bond donors (Lipinski definition) is 4. The molecule has 0 aliphatic rings. The molecule has 0 radical (unpaired) electrons. The molecule has 0 spiro atoms. The average Bonchev–Trinajstić information content (AvgIpc) is 2.34.